The van der Waals surface area contributed by atoms with Crippen LogP contribution >= 0.6 is 0 Å². The van der Waals surface area contributed by atoms with Crippen molar-refractivity contribution < 1.29 is 19.2 Å². The molecule has 1 aromatic heterocycles. The van der Waals surface area contributed by atoms with Crippen molar-refractivity contribution in [3.05, 3.63) is 75.5 Å². The van der Waals surface area contributed by atoms with Gasteiger partial charge >= 0.3 is 0 Å². The van der Waals surface area contributed by atoms with Crippen LogP contribution in [0.15, 0.2) is 48.5 Å². The van der Waals surface area contributed by atoms with Crippen LogP contribution in [-0.2, 0) is 20.7 Å². The van der Waals surface area contributed by atoms with Gasteiger partial charge in [0.15, 0.2) is 0 Å². The molecule has 2 atom stereocenters. The number of piperazine rings is 1. The average molecular weight is 477 g/mol. The Kier molecular flexibility index (Phi) is 6.02. The second-order valence-corrected chi connectivity index (χ2v) is 9.37. The van der Waals surface area contributed by atoms with Gasteiger partial charge in [0.05, 0.1) is 23.6 Å². The Labute approximate surface area is 202 Å². The molecule has 1 N–H and O–H groups in total. The van der Waals surface area contributed by atoms with Crippen LogP contribution in [0.2, 0.25) is 0 Å². The number of ether oxygens (including phenoxy) is 1. The molecule has 2 aliphatic rings. The number of non-ortho nitro benzene ring substituents is 1. The molecule has 0 bridgehead atoms. The highest BCUT2D eigenvalue weighted by Crippen LogP contribution is 2.42. The van der Waals surface area contributed by atoms with Crippen molar-refractivity contribution >= 4 is 28.4 Å². The van der Waals surface area contributed by atoms with Crippen molar-refractivity contribution in [2.24, 2.45) is 0 Å². The predicted octanol–water partition coefficient (Wildman–Crippen LogP) is 3.58. The van der Waals surface area contributed by atoms with E-state index in [0.717, 1.165) is 27.7 Å². The van der Waals surface area contributed by atoms with Gasteiger partial charge in [-0.25, -0.2) is 0 Å². The number of nitrogens with one attached hydrogen (secondary N) is 1. The van der Waals surface area contributed by atoms with E-state index in [4.69, 9.17) is 4.74 Å². The summed E-state index contributed by atoms with van der Waals surface area (Å²) in [5.41, 5.74) is 3.52. The number of carbonyl (C=O) groups is 2. The highest BCUT2D eigenvalue weighted by atomic mass is 16.6. The average Bonchev–Trinajstić information content (AvgIpc) is 3.21. The molecule has 0 radical (unpaired) electrons. The van der Waals surface area contributed by atoms with Crippen LogP contribution < -0.4 is 0 Å². The second-order valence-electron chi connectivity index (χ2n) is 9.37. The topological polar surface area (TPSA) is 109 Å². The molecular weight excluding hydrogens is 448 g/mol. The van der Waals surface area contributed by atoms with Crippen LogP contribution in [0.25, 0.3) is 10.9 Å². The fourth-order valence-corrected chi connectivity index (χ4v) is 5.21. The standard InChI is InChI=1S/C26H28N4O5/c1-16(2)35-13-5-12-28-15-23(31)29-22(26(28)32)14-20-19-6-3-4-7-21(19)27-24(20)25(29)17-8-10-18(11-9-17)30(33)34/h3-4,6-11,16,22,25,27H,5,12-15H2,1-2H3/t22-,25+/m1/s1. The van der Waals surface area contributed by atoms with Crippen LogP contribution in [0.3, 0.4) is 0 Å². The third-order valence-corrected chi connectivity index (χ3v) is 6.79. The monoisotopic (exact) mass is 476 g/mol. The first kappa shape index (κ1) is 23.0. The maximum atomic E-state index is 13.6. The lowest BCUT2D eigenvalue weighted by Crippen LogP contribution is -2.63. The number of benzene rings is 2. The van der Waals surface area contributed by atoms with Crippen LogP contribution in [0.1, 0.15) is 43.1 Å². The van der Waals surface area contributed by atoms with Crippen LogP contribution in [0, 0.1) is 10.1 Å². The molecule has 9 heteroatoms. The molecule has 1 saturated heterocycles. The minimum absolute atomic E-state index is 0.00998. The summed E-state index contributed by atoms with van der Waals surface area (Å²) in [5, 5.41) is 12.2. The molecule has 2 amide bonds. The van der Waals surface area contributed by atoms with Crippen molar-refractivity contribution in [2.75, 3.05) is 19.7 Å². The number of rotatable bonds is 7. The highest BCUT2D eigenvalue weighted by molar-refractivity contribution is 5.97. The minimum Gasteiger partial charge on any atom is -0.379 e. The van der Waals surface area contributed by atoms with Gasteiger partial charge in [0, 0.05) is 48.3 Å². The number of fused-ring (bicyclic) bond motifs is 4. The molecule has 0 saturated carbocycles. The van der Waals surface area contributed by atoms with Crippen molar-refractivity contribution in [2.45, 2.75) is 44.9 Å². The predicted molar refractivity (Wildman–Crippen MR) is 130 cm³/mol. The van der Waals surface area contributed by atoms with Gasteiger partial charge in [-0.15, -0.1) is 0 Å². The quantitative estimate of drug-likeness (QED) is 0.319. The molecule has 35 heavy (non-hydrogen) atoms. The van der Waals surface area contributed by atoms with Gasteiger partial charge in [0.25, 0.3) is 5.69 Å². The maximum Gasteiger partial charge on any atom is 0.269 e. The summed E-state index contributed by atoms with van der Waals surface area (Å²) >= 11 is 0. The van der Waals surface area contributed by atoms with E-state index in [1.807, 2.05) is 38.1 Å². The Balaban J connectivity index is 1.53. The van der Waals surface area contributed by atoms with E-state index < -0.39 is 17.0 Å². The number of hydrogen-bond acceptors (Lipinski definition) is 5. The van der Waals surface area contributed by atoms with Crippen LogP contribution in [0.5, 0.6) is 0 Å². The molecule has 3 aromatic rings. The zero-order chi connectivity index (χ0) is 24.7. The molecule has 0 spiro atoms. The van der Waals surface area contributed by atoms with Gasteiger partial charge in [0.1, 0.15) is 6.04 Å². The summed E-state index contributed by atoms with van der Waals surface area (Å²) in [6.45, 7) is 4.93. The lowest BCUT2D eigenvalue weighted by atomic mass is 9.86. The van der Waals surface area contributed by atoms with E-state index in [1.165, 1.54) is 12.1 Å². The Morgan fingerprint density at radius 2 is 1.89 bits per heavy atom. The van der Waals surface area contributed by atoms with Gasteiger partial charge in [-0.2, -0.15) is 0 Å². The number of nitrogens with zero attached hydrogens (tertiary/aromatic N) is 3. The van der Waals surface area contributed by atoms with Gasteiger partial charge in [0.2, 0.25) is 11.8 Å². The SMILES string of the molecule is CC(C)OCCCN1CC(=O)N2[C@@H](c3ccc([N+](=O)[O-])cc3)c3[nH]c4ccccc4c3C[C@@H]2C1=O. The minimum atomic E-state index is -0.630. The molecule has 2 aromatic carbocycles. The fourth-order valence-electron chi connectivity index (χ4n) is 5.21. The first-order valence-corrected chi connectivity index (χ1v) is 11.9. The molecule has 2 aliphatic heterocycles. The number of para-hydroxylation sites is 1. The number of aromatic nitrogens is 1. The van der Waals surface area contributed by atoms with E-state index in [2.05, 4.69) is 4.98 Å². The zero-order valence-electron chi connectivity index (χ0n) is 19.8. The molecular formula is C26H28N4O5. The van der Waals surface area contributed by atoms with E-state index in [0.29, 0.717) is 26.0 Å². The Morgan fingerprint density at radius 1 is 1.14 bits per heavy atom. The number of nitro benzene ring substituents is 1. The van der Waals surface area contributed by atoms with Crippen LogP contribution in [-0.4, -0.2) is 63.4 Å². The number of nitro groups is 1. The molecule has 5 rings (SSSR count). The Morgan fingerprint density at radius 3 is 2.60 bits per heavy atom. The summed E-state index contributed by atoms with van der Waals surface area (Å²) in [7, 11) is 0. The summed E-state index contributed by atoms with van der Waals surface area (Å²) in [5.74, 6) is -0.205. The molecule has 0 aliphatic carbocycles. The Bertz CT molecular complexity index is 1280. The van der Waals surface area contributed by atoms with Gasteiger partial charge in [-0.1, -0.05) is 18.2 Å². The zero-order valence-corrected chi connectivity index (χ0v) is 19.8. The third-order valence-electron chi connectivity index (χ3n) is 6.79. The first-order chi connectivity index (χ1) is 16.8. The first-order valence-electron chi connectivity index (χ1n) is 11.9. The van der Waals surface area contributed by atoms with Crippen molar-refractivity contribution in [1.29, 1.82) is 0 Å². The number of aromatic amines is 1. The largest absolute Gasteiger partial charge is 0.379 e. The molecule has 9 nitrogen and oxygen atoms in total. The Hall–Kier alpha value is -3.72. The van der Waals surface area contributed by atoms with E-state index in [9.17, 15) is 19.7 Å². The van der Waals surface area contributed by atoms with Crippen molar-refractivity contribution in [3.8, 4) is 0 Å². The number of amides is 2. The summed E-state index contributed by atoms with van der Waals surface area (Å²) in [4.78, 5) is 44.6. The van der Waals surface area contributed by atoms with Gasteiger partial charge < -0.3 is 19.5 Å². The van der Waals surface area contributed by atoms with Gasteiger partial charge in [-0.05, 0) is 49.6 Å². The molecule has 182 valence electrons. The number of hydrogen-bond donors (Lipinski definition) is 1. The summed E-state index contributed by atoms with van der Waals surface area (Å²) in [6, 6.07) is 13.0. The van der Waals surface area contributed by atoms with Gasteiger partial charge in [-0.3, -0.25) is 19.7 Å². The molecule has 3 heterocycles. The van der Waals surface area contributed by atoms with E-state index >= 15 is 0 Å². The lowest BCUT2D eigenvalue weighted by Gasteiger charge is -2.47. The fraction of sp³-hybridized carbons (Fsp3) is 0.385. The summed E-state index contributed by atoms with van der Waals surface area (Å²) < 4.78 is 5.60. The smallest absolute Gasteiger partial charge is 0.269 e. The lowest BCUT2D eigenvalue weighted by molar-refractivity contribution is -0.384. The highest BCUT2D eigenvalue weighted by Gasteiger charge is 2.48. The second kappa shape index (κ2) is 9.14. The molecule has 1 fully saturated rings. The van der Waals surface area contributed by atoms with Crippen molar-refractivity contribution in [3.63, 3.8) is 0 Å². The van der Waals surface area contributed by atoms with E-state index in [1.54, 1.807) is 21.9 Å². The molecule has 0 unspecified atom stereocenters. The maximum absolute atomic E-state index is 13.6. The normalized spacial score (nSPS) is 19.9. The van der Waals surface area contributed by atoms with Crippen molar-refractivity contribution in [1.82, 2.24) is 14.8 Å². The van der Waals surface area contributed by atoms with Crippen LogP contribution in [0.4, 0.5) is 5.69 Å². The number of H-pyrrole nitrogens is 1. The summed E-state index contributed by atoms with van der Waals surface area (Å²) in [6.07, 6.45) is 1.20. The third kappa shape index (κ3) is 4.16. The van der Waals surface area contributed by atoms with E-state index in [-0.39, 0.29) is 30.2 Å². The number of carbonyl (C=O) groups excluding carboxylic acids is 2.